The van der Waals surface area contributed by atoms with Gasteiger partial charge in [0, 0.05) is 39.0 Å². The van der Waals surface area contributed by atoms with Crippen molar-refractivity contribution in [1.29, 1.82) is 0 Å². The number of carbonyl (C=O) groups is 7. The number of aliphatic hydroxyl groups excluding tert-OH is 1. The van der Waals surface area contributed by atoms with E-state index in [0.717, 1.165) is 37.2 Å². The molecule has 12 N–H and O–H groups in total. The number of aromatic hydroxyl groups is 1. The number of aliphatic hydroxyl groups is 1. The second kappa shape index (κ2) is 33.2. The summed E-state index contributed by atoms with van der Waals surface area (Å²) in [4.78, 5) is 103. The van der Waals surface area contributed by atoms with Crippen LogP contribution in [0, 0.1) is 11.8 Å². The average molecular weight is 1040 g/mol. The molecule has 0 aromatic heterocycles. The van der Waals surface area contributed by atoms with Gasteiger partial charge in [-0.3, -0.25) is 38.9 Å². The monoisotopic (exact) mass is 1040 g/mol. The summed E-state index contributed by atoms with van der Waals surface area (Å²) < 4.78 is 5.56. The van der Waals surface area contributed by atoms with Gasteiger partial charge < -0.3 is 62.8 Å². The number of phenols is 1. The van der Waals surface area contributed by atoms with Crippen molar-refractivity contribution in [2.24, 2.45) is 23.3 Å². The zero-order valence-electron chi connectivity index (χ0n) is 44.9. The Balaban J connectivity index is 1.63. The van der Waals surface area contributed by atoms with Crippen molar-refractivity contribution in [2.45, 2.75) is 205 Å². The minimum atomic E-state index is -1.49. The Morgan fingerprint density at radius 1 is 0.730 bits per heavy atom. The summed E-state index contributed by atoms with van der Waals surface area (Å²) in [5, 5.41) is 39.2. The predicted octanol–water partition coefficient (Wildman–Crippen LogP) is 2.36. The van der Waals surface area contributed by atoms with Crippen LogP contribution in [-0.2, 0) is 44.7 Å². The topological polar surface area (TPSA) is 300 Å². The van der Waals surface area contributed by atoms with E-state index in [4.69, 9.17) is 16.2 Å². The van der Waals surface area contributed by atoms with Gasteiger partial charge in [0.1, 0.15) is 48.2 Å². The number of unbranched alkanes of at least 4 members (excludes halogenated alkanes) is 5. The van der Waals surface area contributed by atoms with Gasteiger partial charge in [0.05, 0.1) is 19.3 Å². The minimum Gasteiger partial charge on any atom is -0.508 e. The molecular formula is C54H92N10O10. The molecule has 74 heavy (non-hydrogen) atoms. The number of fused-ring (bicyclic) bond motifs is 2. The fraction of sp³-hybridized carbons (Fsp3) is 0.759. The van der Waals surface area contributed by atoms with E-state index >= 15 is 0 Å². The number of aryl methyl sites for hydroxylation is 1. The Morgan fingerprint density at radius 2 is 1.34 bits per heavy atom. The van der Waals surface area contributed by atoms with E-state index in [1.807, 2.05) is 0 Å². The highest BCUT2D eigenvalue weighted by Crippen LogP contribution is 2.24. The molecule has 7 amide bonds. The van der Waals surface area contributed by atoms with E-state index in [0.29, 0.717) is 38.0 Å². The first-order chi connectivity index (χ1) is 35.6. The van der Waals surface area contributed by atoms with Crippen LogP contribution < -0.4 is 43.4 Å². The maximum Gasteiger partial charge on any atom is 0.245 e. The SMILES string of the molecule is CCC(C)CC(C)CCCCCCCCC(=O)N[C@H]1C[C@@H](O)C(NCCOCCN)NC(=O)C2CCCN2C(=O)C(CCCN)NC(=O)C(CCc2ccc(O)cc2)NC(=O)C2CCCN2C(=O)C(CC)NC1=O. The zero-order valence-corrected chi connectivity index (χ0v) is 44.9. The lowest BCUT2D eigenvalue weighted by atomic mass is 9.91. The van der Waals surface area contributed by atoms with Gasteiger partial charge in [0.15, 0.2) is 0 Å². The van der Waals surface area contributed by atoms with Crippen LogP contribution >= 0.6 is 0 Å². The highest BCUT2D eigenvalue weighted by Gasteiger charge is 2.42. The van der Waals surface area contributed by atoms with Crippen LogP contribution in [0.4, 0.5) is 0 Å². The summed E-state index contributed by atoms with van der Waals surface area (Å²) in [5.74, 6) is -2.49. The fourth-order valence-electron chi connectivity index (χ4n) is 10.3. The molecule has 3 fully saturated rings. The van der Waals surface area contributed by atoms with Crippen molar-refractivity contribution in [2.75, 3.05) is 45.9 Å². The molecule has 0 spiro atoms. The Kier molecular flexibility index (Phi) is 27.7. The van der Waals surface area contributed by atoms with Gasteiger partial charge in [-0.05, 0) is 107 Å². The molecule has 10 atom stereocenters. The van der Waals surface area contributed by atoms with Crippen molar-refractivity contribution in [1.82, 2.24) is 41.7 Å². The lowest BCUT2D eigenvalue weighted by molar-refractivity contribution is -0.143. The number of ether oxygens (including phenoxy) is 1. The van der Waals surface area contributed by atoms with Gasteiger partial charge in [-0.1, -0.05) is 84.8 Å². The van der Waals surface area contributed by atoms with Crippen molar-refractivity contribution in [3.05, 3.63) is 29.8 Å². The summed E-state index contributed by atoms with van der Waals surface area (Å²) in [6, 6.07) is -0.284. The zero-order chi connectivity index (χ0) is 54.0. The first-order valence-electron chi connectivity index (χ1n) is 27.9. The van der Waals surface area contributed by atoms with Gasteiger partial charge in [-0.15, -0.1) is 0 Å². The van der Waals surface area contributed by atoms with Crippen LogP contribution in [-0.4, -0.2) is 156 Å². The van der Waals surface area contributed by atoms with E-state index in [-0.39, 0.29) is 96.6 Å². The van der Waals surface area contributed by atoms with Crippen LogP contribution in [0.15, 0.2) is 24.3 Å². The Morgan fingerprint density at radius 3 is 1.97 bits per heavy atom. The van der Waals surface area contributed by atoms with Gasteiger partial charge in [-0.25, -0.2) is 0 Å². The molecule has 1 aromatic carbocycles. The molecule has 20 nitrogen and oxygen atoms in total. The number of rotatable bonds is 26. The van der Waals surface area contributed by atoms with E-state index in [1.165, 1.54) is 47.6 Å². The second-order valence-corrected chi connectivity index (χ2v) is 20.9. The van der Waals surface area contributed by atoms with Crippen LogP contribution in [0.5, 0.6) is 5.75 Å². The second-order valence-electron chi connectivity index (χ2n) is 20.9. The molecule has 0 aliphatic carbocycles. The van der Waals surface area contributed by atoms with Crippen LogP contribution in [0.2, 0.25) is 0 Å². The first-order valence-corrected chi connectivity index (χ1v) is 27.9. The number of benzene rings is 1. The largest absolute Gasteiger partial charge is 0.508 e. The smallest absolute Gasteiger partial charge is 0.245 e. The van der Waals surface area contributed by atoms with Gasteiger partial charge in [0.25, 0.3) is 0 Å². The number of phenolic OH excluding ortho intramolecular Hbond substituents is 1. The molecule has 3 aliphatic rings. The molecule has 20 heteroatoms. The number of hydrogen-bond acceptors (Lipinski definition) is 13. The van der Waals surface area contributed by atoms with E-state index in [9.17, 15) is 43.8 Å². The maximum atomic E-state index is 14.5. The fourth-order valence-corrected chi connectivity index (χ4v) is 10.3. The maximum absolute atomic E-state index is 14.5. The molecule has 4 rings (SSSR count). The molecule has 418 valence electrons. The van der Waals surface area contributed by atoms with Gasteiger partial charge in [0.2, 0.25) is 41.4 Å². The Bertz CT molecular complexity index is 1910. The van der Waals surface area contributed by atoms with E-state index in [2.05, 4.69) is 52.7 Å². The molecule has 0 radical (unpaired) electrons. The molecule has 0 saturated carbocycles. The van der Waals surface area contributed by atoms with Gasteiger partial charge in [-0.2, -0.15) is 0 Å². The Hall–Kier alpha value is -4.89. The van der Waals surface area contributed by atoms with E-state index < -0.39 is 89.9 Å². The van der Waals surface area contributed by atoms with Crippen LogP contribution in [0.1, 0.15) is 155 Å². The number of hydrogen-bond donors (Lipinski definition) is 10. The molecule has 3 aliphatic heterocycles. The van der Waals surface area contributed by atoms with Gasteiger partial charge >= 0.3 is 0 Å². The van der Waals surface area contributed by atoms with E-state index in [1.54, 1.807) is 19.1 Å². The summed E-state index contributed by atoms with van der Waals surface area (Å²) in [7, 11) is 0. The first kappa shape index (κ1) is 61.7. The molecule has 0 bridgehead atoms. The summed E-state index contributed by atoms with van der Waals surface area (Å²) in [5.41, 5.74) is 12.3. The third kappa shape index (κ3) is 20.3. The number of nitrogens with zero attached hydrogens (tertiary/aromatic N) is 2. The number of nitrogens with two attached hydrogens (primary N) is 2. The minimum absolute atomic E-state index is 0.0660. The predicted molar refractivity (Wildman–Crippen MR) is 283 cm³/mol. The molecule has 1 aromatic rings. The van der Waals surface area contributed by atoms with Crippen molar-refractivity contribution in [3.8, 4) is 5.75 Å². The highest BCUT2D eigenvalue weighted by molar-refractivity contribution is 5.97. The lowest BCUT2D eigenvalue weighted by Crippen LogP contribution is -2.61. The van der Waals surface area contributed by atoms with Crippen molar-refractivity contribution >= 4 is 41.4 Å². The lowest BCUT2D eigenvalue weighted by Gasteiger charge is -2.32. The summed E-state index contributed by atoms with van der Waals surface area (Å²) in [6.07, 6.45) is 9.05. The van der Waals surface area contributed by atoms with Crippen molar-refractivity contribution in [3.63, 3.8) is 0 Å². The molecular weight excluding hydrogens is 949 g/mol. The molecule has 3 saturated heterocycles. The Labute approximate surface area is 439 Å². The van der Waals surface area contributed by atoms with Crippen LogP contribution in [0.25, 0.3) is 0 Å². The number of carbonyl (C=O) groups excluding carboxylic acids is 7. The third-order valence-electron chi connectivity index (χ3n) is 14.8. The molecule has 3 heterocycles. The standard InChI is InChI=1S/C54H92N10O10/c1-5-36(3)34-37(4)16-11-9-7-8-10-12-20-47(67)58-43-35-46(66)48(57-29-33-74-32-28-56)62-52(71)45-19-15-31-64(45)54(73)42(17-13-27-55)61-49(68)41(26-23-38-21-24-39(65)25-22-38)60-51(70)44-18-14-30-63(44)53(72)40(6-2)59-50(43)69/h21-22,24-25,36-37,40-46,48,57,65-66H,5-20,23,26-35,55-56H2,1-4H3,(H,58,67)(H,59,69)(H,60,70)(H,61,68)(H,62,71)/t36?,37?,40?,41?,42?,43-,44?,45?,46+,48?/m0/s1. The highest BCUT2D eigenvalue weighted by atomic mass is 16.5. The number of nitrogens with one attached hydrogen (secondary N) is 6. The van der Waals surface area contributed by atoms with Crippen molar-refractivity contribution < 1.29 is 48.5 Å². The summed E-state index contributed by atoms with van der Waals surface area (Å²) >= 11 is 0. The quantitative estimate of drug-likeness (QED) is 0.0597. The third-order valence-corrected chi connectivity index (χ3v) is 14.8. The average Bonchev–Trinajstić information content (AvgIpc) is 4.09. The molecule has 8 unspecified atom stereocenters. The normalized spacial score (nSPS) is 25.5. The summed E-state index contributed by atoms with van der Waals surface area (Å²) in [6.45, 7) is 10.1. The number of amides is 7. The van der Waals surface area contributed by atoms with Crippen LogP contribution in [0.3, 0.4) is 0 Å².